The van der Waals surface area contributed by atoms with Crippen LogP contribution in [0.1, 0.15) is 11.3 Å². The summed E-state index contributed by atoms with van der Waals surface area (Å²) in [5.74, 6) is 0.831. The van der Waals surface area contributed by atoms with Crippen LogP contribution >= 0.6 is 0 Å². The number of benzene rings is 3. The van der Waals surface area contributed by atoms with Crippen molar-refractivity contribution in [1.82, 2.24) is 19.9 Å². The molecule has 37 heavy (non-hydrogen) atoms. The van der Waals surface area contributed by atoms with Gasteiger partial charge in [0.1, 0.15) is 5.82 Å². The Morgan fingerprint density at radius 3 is 2.38 bits per heavy atom. The zero-order valence-corrected chi connectivity index (χ0v) is 20.6. The zero-order chi connectivity index (χ0) is 25.2. The lowest BCUT2D eigenvalue weighted by Crippen LogP contribution is -1.94. The summed E-state index contributed by atoms with van der Waals surface area (Å²) in [4.78, 5) is 17.0. The molecule has 3 aromatic carbocycles. The molecule has 0 radical (unpaired) electrons. The maximum absolute atomic E-state index is 5.29. The fraction of sp³-hybridized carbons (Fsp3) is 0.100. The largest absolute Gasteiger partial charge is 0.380 e. The molecule has 6 aromatic rings. The van der Waals surface area contributed by atoms with Crippen molar-refractivity contribution in [2.75, 3.05) is 17.7 Å². The highest BCUT2D eigenvalue weighted by Crippen LogP contribution is 2.29. The molecule has 7 nitrogen and oxygen atoms in total. The van der Waals surface area contributed by atoms with Crippen molar-refractivity contribution in [2.24, 2.45) is 0 Å². The Hall–Kier alpha value is -4.75. The molecule has 0 unspecified atom stereocenters. The van der Waals surface area contributed by atoms with Crippen molar-refractivity contribution < 1.29 is 4.74 Å². The van der Waals surface area contributed by atoms with Gasteiger partial charge in [-0.1, -0.05) is 6.07 Å². The number of aromatic nitrogens is 4. The van der Waals surface area contributed by atoms with E-state index in [0.717, 1.165) is 67.3 Å². The van der Waals surface area contributed by atoms with E-state index in [9.17, 15) is 0 Å². The molecule has 0 bridgehead atoms. The Kier molecular flexibility index (Phi) is 5.96. The number of hydrogen-bond acceptors (Lipinski definition) is 6. The van der Waals surface area contributed by atoms with Crippen LogP contribution in [0.15, 0.2) is 91.3 Å². The minimum Gasteiger partial charge on any atom is -0.380 e. The molecule has 7 heteroatoms. The Bertz CT molecular complexity index is 1710. The maximum Gasteiger partial charge on any atom is 0.138 e. The number of anilines is 4. The van der Waals surface area contributed by atoms with Crippen LogP contribution in [-0.4, -0.2) is 27.0 Å². The Balaban J connectivity index is 1.23. The average Bonchev–Trinajstić information content (AvgIpc) is 3.33. The van der Waals surface area contributed by atoms with Gasteiger partial charge in [0.25, 0.3) is 0 Å². The lowest BCUT2D eigenvalue weighted by Gasteiger charge is -2.11. The van der Waals surface area contributed by atoms with Crippen molar-refractivity contribution >= 4 is 44.7 Å². The second-order valence-electron chi connectivity index (χ2n) is 8.97. The third kappa shape index (κ3) is 4.85. The van der Waals surface area contributed by atoms with Crippen molar-refractivity contribution in [2.45, 2.75) is 13.5 Å². The number of rotatable bonds is 7. The van der Waals surface area contributed by atoms with Gasteiger partial charge in [0.15, 0.2) is 0 Å². The van der Waals surface area contributed by atoms with E-state index in [4.69, 9.17) is 9.72 Å². The first kappa shape index (κ1) is 22.7. The smallest absolute Gasteiger partial charge is 0.138 e. The third-order valence-electron chi connectivity index (χ3n) is 6.22. The number of nitrogens with one attached hydrogen (secondary N) is 3. The van der Waals surface area contributed by atoms with Gasteiger partial charge in [0.05, 0.1) is 23.2 Å². The van der Waals surface area contributed by atoms with Crippen LogP contribution in [-0.2, 0) is 11.3 Å². The number of pyridine rings is 2. The van der Waals surface area contributed by atoms with E-state index in [2.05, 4.69) is 62.0 Å². The standard InChI is InChI=1S/C30H26N6O/c1-19-15-24(11-13-31-19)33-23-8-10-28-29(17-23)36-30(35-28)21-4-6-22(7-5-21)34-27-12-14-32-26-9-3-20(18-37-2)16-25(26)27/h3-17H,18H2,1-2H3,(H,31,33)(H,32,34)(H,35,36). The van der Waals surface area contributed by atoms with Gasteiger partial charge in [-0.05, 0) is 85.3 Å². The highest BCUT2D eigenvalue weighted by atomic mass is 16.5. The summed E-state index contributed by atoms with van der Waals surface area (Å²) < 4.78 is 5.29. The second-order valence-corrected chi connectivity index (χ2v) is 8.97. The quantitative estimate of drug-likeness (QED) is 0.223. The summed E-state index contributed by atoms with van der Waals surface area (Å²) in [6.07, 6.45) is 3.63. The van der Waals surface area contributed by atoms with E-state index in [1.54, 1.807) is 13.3 Å². The highest BCUT2D eigenvalue weighted by molar-refractivity contribution is 5.93. The van der Waals surface area contributed by atoms with Crippen molar-refractivity contribution in [3.63, 3.8) is 0 Å². The number of imidazole rings is 1. The van der Waals surface area contributed by atoms with E-state index in [1.165, 1.54) is 0 Å². The van der Waals surface area contributed by atoms with Crippen LogP contribution in [0, 0.1) is 6.92 Å². The highest BCUT2D eigenvalue weighted by Gasteiger charge is 2.08. The zero-order valence-electron chi connectivity index (χ0n) is 20.6. The van der Waals surface area contributed by atoms with Crippen LogP contribution in [0.2, 0.25) is 0 Å². The van der Waals surface area contributed by atoms with Crippen molar-refractivity contribution in [3.8, 4) is 11.4 Å². The first-order valence-corrected chi connectivity index (χ1v) is 12.1. The molecule has 0 atom stereocenters. The number of hydrogen-bond donors (Lipinski definition) is 3. The number of aryl methyl sites for hydroxylation is 1. The summed E-state index contributed by atoms with van der Waals surface area (Å²) in [5.41, 5.74) is 9.93. The summed E-state index contributed by atoms with van der Waals surface area (Å²) >= 11 is 0. The normalized spacial score (nSPS) is 11.2. The van der Waals surface area contributed by atoms with Gasteiger partial charge in [0.2, 0.25) is 0 Å². The van der Waals surface area contributed by atoms with Crippen LogP contribution in [0.3, 0.4) is 0 Å². The van der Waals surface area contributed by atoms with Crippen LogP contribution in [0.5, 0.6) is 0 Å². The first-order chi connectivity index (χ1) is 18.1. The predicted molar refractivity (Wildman–Crippen MR) is 150 cm³/mol. The van der Waals surface area contributed by atoms with Crippen molar-refractivity contribution in [1.29, 1.82) is 0 Å². The molecule has 0 saturated carbocycles. The fourth-order valence-corrected chi connectivity index (χ4v) is 4.44. The van der Waals surface area contributed by atoms with Gasteiger partial charge in [-0.3, -0.25) is 9.97 Å². The molecule has 0 spiro atoms. The number of methoxy groups -OCH3 is 1. The fourth-order valence-electron chi connectivity index (χ4n) is 4.44. The molecular formula is C30H26N6O. The Labute approximate surface area is 214 Å². The number of nitrogens with zero attached hydrogens (tertiary/aromatic N) is 3. The maximum atomic E-state index is 5.29. The predicted octanol–water partition coefficient (Wildman–Crippen LogP) is 7.12. The second kappa shape index (κ2) is 9.72. The number of H-pyrrole nitrogens is 1. The summed E-state index contributed by atoms with van der Waals surface area (Å²) in [6, 6.07) is 26.6. The molecule has 0 aliphatic heterocycles. The van der Waals surface area contributed by atoms with Gasteiger partial charge in [0, 0.05) is 58.9 Å². The monoisotopic (exact) mass is 486 g/mol. The van der Waals surface area contributed by atoms with Gasteiger partial charge < -0.3 is 20.4 Å². The van der Waals surface area contributed by atoms with Gasteiger partial charge in [-0.25, -0.2) is 4.98 Å². The number of aromatic amines is 1. The van der Waals surface area contributed by atoms with E-state index in [0.29, 0.717) is 6.61 Å². The minimum absolute atomic E-state index is 0.567. The molecule has 3 aromatic heterocycles. The molecule has 0 amide bonds. The van der Waals surface area contributed by atoms with Gasteiger partial charge in [-0.2, -0.15) is 0 Å². The summed E-state index contributed by atoms with van der Waals surface area (Å²) in [7, 11) is 1.70. The van der Waals surface area contributed by atoms with Crippen molar-refractivity contribution in [3.05, 3.63) is 103 Å². The molecule has 3 heterocycles. The van der Waals surface area contributed by atoms with Gasteiger partial charge in [-0.15, -0.1) is 0 Å². The lowest BCUT2D eigenvalue weighted by molar-refractivity contribution is 0.185. The molecule has 0 aliphatic carbocycles. The Morgan fingerprint density at radius 2 is 1.54 bits per heavy atom. The topological polar surface area (TPSA) is 87.8 Å². The Morgan fingerprint density at radius 1 is 0.757 bits per heavy atom. The van der Waals surface area contributed by atoms with Gasteiger partial charge >= 0.3 is 0 Å². The first-order valence-electron chi connectivity index (χ1n) is 12.1. The molecule has 0 aliphatic rings. The van der Waals surface area contributed by atoms with E-state index in [-0.39, 0.29) is 0 Å². The number of ether oxygens (including phenoxy) is 1. The average molecular weight is 487 g/mol. The molecule has 3 N–H and O–H groups in total. The third-order valence-corrected chi connectivity index (χ3v) is 6.22. The minimum atomic E-state index is 0.567. The van der Waals surface area contributed by atoms with E-state index >= 15 is 0 Å². The van der Waals surface area contributed by atoms with Crippen LogP contribution in [0.25, 0.3) is 33.3 Å². The summed E-state index contributed by atoms with van der Waals surface area (Å²) in [6.45, 7) is 2.55. The SMILES string of the molecule is COCc1ccc2nccc(Nc3ccc(-c4nc5ccc(Nc6ccnc(C)c6)cc5[nH]4)cc3)c2c1. The van der Waals surface area contributed by atoms with E-state index < -0.39 is 0 Å². The molecule has 0 saturated heterocycles. The van der Waals surface area contributed by atoms with Crippen LogP contribution < -0.4 is 10.6 Å². The number of fused-ring (bicyclic) bond motifs is 2. The molecule has 0 fully saturated rings. The lowest BCUT2D eigenvalue weighted by atomic mass is 10.1. The molecule has 182 valence electrons. The molecule has 6 rings (SSSR count). The van der Waals surface area contributed by atoms with Crippen LogP contribution in [0.4, 0.5) is 22.7 Å². The molecular weight excluding hydrogens is 460 g/mol. The van der Waals surface area contributed by atoms with E-state index in [1.807, 2.05) is 55.6 Å². The summed E-state index contributed by atoms with van der Waals surface area (Å²) in [5, 5.41) is 8.02.